The number of ketones is 1. The molecular formula is C22H19ClFN3O3. The molecule has 0 aliphatic carbocycles. The molecule has 1 aromatic heterocycles. The number of halogens is 2. The fraction of sp³-hybridized carbons (Fsp3) is 0.227. The second-order valence-electron chi connectivity index (χ2n) is 7.58. The summed E-state index contributed by atoms with van der Waals surface area (Å²) >= 11 is 5.98. The van der Waals surface area contributed by atoms with Crippen LogP contribution >= 0.6 is 11.6 Å². The molecule has 0 bridgehead atoms. The third-order valence-electron chi connectivity index (χ3n) is 5.30. The zero-order valence-corrected chi connectivity index (χ0v) is 17.2. The number of rotatable bonds is 4. The lowest BCUT2D eigenvalue weighted by Crippen LogP contribution is -2.47. The fourth-order valence-corrected chi connectivity index (χ4v) is 3.76. The van der Waals surface area contributed by atoms with Crippen molar-refractivity contribution in [2.75, 3.05) is 7.05 Å². The summed E-state index contributed by atoms with van der Waals surface area (Å²) in [4.78, 5) is 30.5. The van der Waals surface area contributed by atoms with Crippen LogP contribution < -0.4 is 5.73 Å². The van der Waals surface area contributed by atoms with Crippen LogP contribution in [0.1, 0.15) is 35.0 Å². The molecule has 0 fully saturated rings. The molecule has 2 N–H and O–H groups in total. The van der Waals surface area contributed by atoms with Gasteiger partial charge in [0.25, 0.3) is 0 Å². The third kappa shape index (κ3) is 3.57. The van der Waals surface area contributed by atoms with Gasteiger partial charge in [-0.15, -0.1) is 0 Å². The Balaban J connectivity index is 1.64. The van der Waals surface area contributed by atoms with E-state index in [9.17, 15) is 14.0 Å². The number of nitrogens with zero attached hydrogens (tertiary/aromatic N) is 2. The highest BCUT2D eigenvalue weighted by molar-refractivity contribution is 6.31. The van der Waals surface area contributed by atoms with Gasteiger partial charge in [-0.05, 0) is 48.9 Å². The van der Waals surface area contributed by atoms with E-state index in [4.69, 9.17) is 21.8 Å². The second kappa shape index (κ2) is 7.25. The topological polar surface area (TPSA) is 88.9 Å². The van der Waals surface area contributed by atoms with Crippen molar-refractivity contribution in [3.8, 4) is 0 Å². The first-order chi connectivity index (χ1) is 14.2. The van der Waals surface area contributed by atoms with Crippen LogP contribution in [0.5, 0.6) is 0 Å². The molecule has 0 saturated heterocycles. The quantitative estimate of drug-likeness (QED) is 0.636. The Bertz CT molecular complexity index is 1220. The van der Waals surface area contributed by atoms with E-state index in [0.29, 0.717) is 16.2 Å². The van der Waals surface area contributed by atoms with E-state index in [0.717, 1.165) is 5.39 Å². The van der Waals surface area contributed by atoms with Crippen LogP contribution in [0.4, 0.5) is 4.39 Å². The van der Waals surface area contributed by atoms with Crippen LogP contribution in [0.2, 0.25) is 5.02 Å². The molecule has 4 rings (SSSR count). The first-order valence-electron chi connectivity index (χ1n) is 9.29. The molecule has 6 nitrogen and oxygen atoms in total. The number of guanidine groups is 1. The zero-order chi connectivity index (χ0) is 21.6. The molecular weight excluding hydrogens is 409 g/mol. The molecule has 2 heterocycles. The molecule has 30 heavy (non-hydrogen) atoms. The first kappa shape index (κ1) is 20.1. The van der Waals surface area contributed by atoms with Crippen molar-refractivity contribution < 1.29 is 18.4 Å². The van der Waals surface area contributed by atoms with Crippen LogP contribution in [-0.2, 0) is 16.8 Å². The smallest absolute Gasteiger partial charge is 0.231 e. The van der Waals surface area contributed by atoms with E-state index in [1.54, 1.807) is 37.3 Å². The number of furan rings is 1. The van der Waals surface area contributed by atoms with Crippen LogP contribution in [-0.4, -0.2) is 29.6 Å². The Morgan fingerprint density at radius 1 is 1.30 bits per heavy atom. The largest absolute Gasteiger partial charge is 0.453 e. The maximum absolute atomic E-state index is 14.6. The van der Waals surface area contributed by atoms with Gasteiger partial charge in [-0.2, -0.15) is 0 Å². The summed E-state index contributed by atoms with van der Waals surface area (Å²) < 4.78 is 20.3. The standard InChI is InChI=1S/C22H19ClFN3O3/c1-22(11-20(29)27(2)21(25)26-22)15-7-12(3-5-16(15)24)8-17(28)19-10-13-9-14(23)4-6-18(13)30-19/h3-7,9-10H,8,11H2,1-2H3,(H2,25,26). The number of benzene rings is 2. The summed E-state index contributed by atoms with van der Waals surface area (Å²) in [5.41, 5.74) is 6.04. The van der Waals surface area contributed by atoms with E-state index < -0.39 is 11.4 Å². The van der Waals surface area contributed by atoms with E-state index >= 15 is 0 Å². The summed E-state index contributed by atoms with van der Waals surface area (Å²) in [6.45, 7) is 1.65. The first-order valence-corrected chi connectivity index (χ1v) is 9.67. The molecule has 8 heteroatoms. The summed E-state index contributed by atoms with van der Waals surface area (Å²) in [5.74, 6) is -0.808. The number of aliphatic imine (C=N–C) groups is 1. The molecule has 1 aliphatic rings. The minimum Gasteiger partial charge on any atom is -0.453 e. The number of carbonyl (C=O) groups excluding carboxylic acids is 2. The van der Waals surface area contributed by atoms with Gasteiger partial charge in [0.1, 0.15) is 11.4 Å². The van der Waals surface area contributed by atoms with Gasteiger partial charge in [-0.1, -0.05) is 17.7 Å². The lowest BCUT2D eigenvalue weighted by atomic mass is 9.85. The molecule has 0 spiro atoms. The Hall–Kier alpha value is -3.19. The van der Waals surface area contributed by atoms with Gasteiger partial charge in [0.2, 0.25) is 11.7 Å². The Kier molecular flexibility index (Phi) is 4.86. The maximum atomic E-state index is 14.6. The number of hydrogen-bond acceptors (Lipinski definition) is 5. The van der Waals surface area contributed by atoms with Crippen molar-refractivity contribution >= 4 is 40.2 Å². The number of fused-ring (bicyclic) bond motifs is 1. The molecule has 1 aliphatic heterocycles. The van der Waals surface area contributed by atoms with Gasteiger partial charge in [0, 0.05) is 29.4 Å². The normalized spacial score (nSPS) is 19.3. The van der Waals surface area contributed by atoms with Crippen molar-refractivity contribution in [1.82, 2.24) is 4.90 Å². The lowest BCUT2D eigenvalue weighted by Gasteiger charge is -2.34. The van der Waals surface area contributed by atoms with Crippen LogP contribution in [0, 0.1) is 5.82 Å². The monoisotopic (exact) mass is 427 g/mol. The number of Topliss-reactive ketones (excluding diaryl/α,β-unsaturated/α-hetero) is 1. The van der Waals surface area contributed by atoms with Gasteiger partial charge < -0.3 is 10.2 Å². The molecule has 1 unspecified atom stereocenters. The molecule has 0 saturated carbocycles. The maximum Gasteiger partial charge on any atom is 0.231 e. The summed E-state index contributed by atoms with van der Waals surface area (Å²) in [6.07, 6.45) is -0.0210. The zero-order valence-electron chi connectivity index (χ0n) is 16.4. The average molecular weight is 428 g/mol. The Morgan fingerprint density at radius 3 is 2.80 bits per heavy atom. The van der Waals surface area contributed by atoms with E-state index in [2.05, 4.69) is 4.99 Å². The molecule has 154 valence electrons. The molecule has 1 amide bonds. The van der Waals surface area contributed by atoms with Crippen molar-refractivity contribution in [2.45, 2.75) is 25.3 Å². The van der Waals surface area contributed by atoms with Gasteiger partial charge in [-0.3, -0.25) is 14.5 Å². The van der Waals surface area contributed by atoms with Crippen LogP contribution in [0.25, 0.3) is 11.0 Å². The molecule has 1 atom stereocenters. The SMILES string of the molecule is CN1C(=O)CC(C)(c2cc(CC(=O)c3cc4cc(Cl)ccc4o3)ccc2F)N=C1N. The van der Waals surface area contributed by atoms with Crippen LogP contribution in [0.15, 0.2) is 51.9 Å². The minimum absolute atomic E-state index is 0.00393. The second-order valence-corrected chi connectivity index (χ2v) is 8.02. The summed E-state index contributed by atoms with van der Waals surface area (Å²) in [7, 11) is 1.52. The predicted octanol–water partition coefficient (Wildman–Crippen LogP) is 4.04. The number of carbonyl (C=O) groups is 2. The highest BCUT2D eigenvalue weighted by Crippen LogP contribution is 2.35. The van der Waals surface area contributed by atoms with Gasteiger partial charge in [0.15, 0.2) is 11.7 Å². The highest BCUT2D eigenvalue weighted by atomic mass is 35.5. The van der Waals surface area contributed by atoms with Crippen molar-refractivity contribution in [1.29, 1.82) is 0 Å². The summed E-state index contributed by atoms with van der Waals surface area (Å²) in [6, 6.07) is 11.1. The molecule has 3 aromatic rings. The van der Waals surface area contributed by atoms with Gasteiger partial charge in [-0.25, -0.2) is 9.38 Å². The Morgan fingerprint density at radius 2 is 2.07 bits per heavy atom. The number of nitrogens with two attached hydrogens (primary N) is 1. The third-order valence-corrected chi connectivity index (χ3v) is 5.54. The fourth-order valence-electron chi connectivity index (χ4n) is 3.58. The number of amides is 1. The van der Waals surface area contributed by atoms with Crippen molar-refractivity contribution in [2.24, 2.45) is 10.7 Å². The lowest BCUT2D eigenvalue weighted by molar-refractivity contribution is -0.128. The molecule has 0 radical (unpaired) electrons. The molecule has 2 aromatic carbocycles. The van der Waals surface area contributed by atoms with Crippen LogP contribution in [0.3, 0.4) is 0 Å². The van der Waals surface area contributed by atoms with E-state index in [1.165, 1.54) is 24.1 Å². The van der Waals surface area contributed by atoms with E-state index in [1.807, 2.05) is 0 Å². The highest BCUT2D eigenvalue weighted by Gasteiger charge is 2.38. The Labute approximate surface area is 177 Å². The van der Waals surface area contributed by atoms with E-state index in [-0.39, 0.29) is 41.8 Å². The van der Waals surface area contributed by atoms with Gasteiger partial charge in [0.05, 0.1) is 12.0 Å². The average Bonchev–Trinajstić information content (AvgIpc) is 3.11. The van der Waals surface area contributed by atoms with Crippen molar-refractivity contribution in [3.63, 3.8) is 0 Å². The van der Waals surface area contributed by atoms with Crippen molar-refractivity contribution in [3.05, 3.63) is 70.2 Å². The minimum atomic E-state index is -1.15. The summed E-state index contributed by atoms with van der Waals surface area (Å²) in [5, 5.41) is 1.28. The van der Waals surface area contributed by atoms with Gasteiger partial charge >= 0.3 is 0 Å². The number of hydrogen-bond donors (Lipinski definition) is 1. The predicted molar refractivity (Wildman–Crippen MR) is 112 cm³/mol.